The molecule has 1 N–H and O–H groups in total. The van der Waals surface area contributed by atoms with Crippen LogP contribution < -0.4 is 9.62 Å². The molecule has 3 aromatic carbocycles. The number of carbonyl (C=O) groups excluding carboxylic acids is 2. The van der Waals surface area contributed by atoms with Gasteiger partial charge in [0.05, 0.1) is 5.69 Å². The van der Waals surface area contributed by atoms with Gasteiger partial charge >= 0.3 is 10.2 Å². The average Bonchev–Trinajstić information content (AvgIpc) is 2.95. The van der Waals surface area contributed by atoms with E-state index in [4.69, 9.17) is 0 Å². The predicted molar refractivity (Wildman–Crippen MR) is 155 cm³/mol. The average molecular weight is 569 g/mol. The van der Waals surface area contributed by atoms with Crippen molar-refractivity contribution in [3.8, 4) is 0 Å². The van der Waals surface area contributed by atoms with Crippen LogP contribution in [0.25, 0.3) is 0 Å². The second kappa shape index (κ2) is 14.0. The zero-order chi connectivity index (χ0) is 29.3. The van der Waals surface area contributed by atoms with Gasteiger partial charge < -0.3 is 10.2 Å². The summed E-state index contributed by atoms with van der Waals surface area (Å²) in [5, 5.41) is 2.95. The van der Waals surface area contributed by atoms with E-state index in [0.717, 1.165) is 14.2 Å². The number of halogens is 1. The van der Waals surface area contributed by atoms with Crippen molar-refractivity contribution in [3.63, 3.8) is 0 Å². The highest BCUT2D eigenvalue weighted by Gasteiger charge is 2.35. The number of benzene rings is 3. The van der Waals surface area contributed by atoms with Crippen molar-refractivity contribution in [1.29, 1.82) is 0 Å². The Morgan fingerprint density at radius 1 is 0.900 bits per heavy atom. The molecule has 10 heteroatoms. The Hall–Kier alpha value is -3.76. The van der Waals surface area contributed by atoms with Gasteiger partial charge in [-0.25, -0.2) is 8.70 Å². The summed E-state index contributed by atoms with van der Waals surface area (Å²) in [7, 11) is -1.33. The van der Waals surface area contributed by atoms with E-state index in [9.17, 15) is 22.4 Å². The summed E-state index contributed by atoms with van der Waals surface area (Å²) in [5.74, 6) is -1.57. The molecule has 40 heavy (non-hydrogen) atoms. The van der Waals surface area contributed by atoms with Crippen LogP contribution in [0.2, 0.25) is 0 Å². The molecule has 3 rings (SSSR count). The summed E-state index contributed by atoms with van der Waals surface area (Å²) in [5.41, 5.74) is 1.31. The number of carbonyl (C=O) groups is 2. The van der Waals surface area contributed by atoms with Gasteiger partial charge in [-0.2, -0.15) is 12.7 Å². The highest BCUT2D eigenvalue weighted by molar-refractivity contribution is 7.90. The normalized spacial score (nSPS) is 12.9. The lowest BCUT2D eigenvalue weighted by Crippen LogP contribution is -2.55. The highest BCUT2D eigenvalue weighted by Crippen LogP contribution is 2.22. The molecule has 2 atom stereocenters. The minimum Gasteiger partial charge on any atom is -0.352 e. The maximum absolute atomic E-state index is 14.8. The summed E-state index contributed by atoms with van der Waals surface area (Å²) >= 11 is 0. The Bertz CT molecular complexity index is 1370. The van der Waals surface area contributed by atoms with Crippen molar-refractivity contribution >= 4 is 27.7 Å². The maximum atomic E-state index is 14.8. The van der Waals surface area contributed by atoms with Crippen molar-refractivity contribution in [2.24, 2.45) is 0 Å². The minimum absolute atomic E-state index is 0.161. The fourth-order valence-electron chi connectivity index (χ4n) is 4.12. The first kappa shape index (κ1) is 30.8. The van der Waals surface area contributed by atoms with Crippen LogP contribution in [0.5, 0.6) is 0 Å². The van der Waals surface area contributed by atoms with Gasteiger partial charge in [0.25, 0.3) is 0 Å². The summed E-state index contributed by atoms with van der Waals surface area (Å²) in [4.78, 5) is 29.0. The third-order valence-electron chi connectivity index (χ3n) is 6.63. The number of nitrogens with one attached hydrogen (secondary N) is 1. The second-order valence-electron chi connectivity index (χ2n) is 9.77. The van der Waals surface area contributed by atoms with Crippen LogP contribution in [0.1, 0.15) is 31.4 Å². The molecule has 0 radical (unpaired) electrons. The van der Waals surface area contributed by atoms with E-state index in [1.807, 2.05) is 44.2 Å². The highest BCUT2D eigenvalue weighted by atomic mass is 32.2. The lowest BCUT2D eigenvalue weighted by molar-refractivity contribution is -0.140. The van der Waals surface area contributed by atoms with Crippen LogP contribution in [0.3, 0.4) is 0 Å². The first-order valence-corrected chi connectivity index (χ1v) is 14.6. The first-order chi connectivity index (χ1) is 19.0. The number of rotatable bonds is 13. The van der Waals surface area contributed by atoms with E-state index in [0.29, 0.717) is 12.1 Å². The number of nitrogens with zero attached hydrogens (tertiary/aromatic N) is 3. The molecule has 0 aliphatic rings. The molecule has 0 aliphatic carbocycles. The molecule has 3 aromatic rings. The Kier molecular flexibility index (Phi) is 10.8. The fourth-order valence-corrected chi connectivity index (χ4v) is 5.17. The summed E-state index contributed by atoms with van der Waals surface area (Å²) in [6, 6.07) is 22.3. The standard InChI is InChI=1S/C30H37FN4O4S/c1-5-23(2)32-30(37)28(20-24-14-8-6-9-15-24)34(21-25-16-12-13-19-27(25)31)29(36)22-35(40(38,39)33(3)4)26-17-10-7-11-18-26/h6-19,23,28H,5,20-22H2,1-4H3,(H,32,37)/t23-,28+/m0/s1. The van der Waals surface area contributed by atoms with Crippen LogP contribution >= 0.6 is 0 Å². The second-order valence-corrected chi connectivity index (χ2v) is 11.8. The van der Waals surface area contributed by atoms with Crippen LogP contribution in [0, 0.1) is 5.82 Å². The molecule has 0 aliphatic heterocycles. The van der Waals surface area contributed by atoms with E-state index in [1.165, 1.54) is 25.1 Å². The topological polar surface area (TPSA) is 90.0 Å². The van der Waals surface area contributed by atoms with Crippen LogP contribution in [0.4, 0.5) is 10.1 Å². The Balaban J connectivity index is 2.09. The number of amides is 2. The van der Waals surface area contributed by atoms with Crippen molar-refractivity contribution in [2.75, 3.05) is 24.9 Å². The molecule has 0 bridgehead atoms. The third-order valence-corrected chi connectivity index (χ3v) is 8.45. The quantitative estimate of drug-likeness (QED) is 0.338. The minimum atomic E-state index is -4.08. The van der Waals surface area contributed by atoms with Crippen molar-refractivity contribution in [2.45, 2.75) is 45.3 Å². The van der Waals surface area contributed by atoms with Gasteiger partial charge in [0.1, 0.15) is 18.4 Å². The zero-order valence-corrected chi connectivity index (χ0v) is 24.1. The number of para-hydroxylation sites is 1. The Labute approximate surface area is 236 Å². The summed E-state index contributed by atoms with van der Waals surface area (Å²) < 4.78 is 43.5. The molecule has 214 valence electrons. The monoisotopic (exact) mass is 568 g/mol. The van der Waals surface area contributed by atoms with E-state index in [-0.39, 0.29) is 24.6 Å². The van der Waals surface area contributed by atoms with E-state index in [2.05, 4.69) is 5.32 Å². The largest absolute Gasteiger partial charge is 0.352 e. The van der Waals surface area contributed by atoms with Gasteiger partial charge in [-0.05, 0) is 37.1 Å². The fraction of sp³-hybridized carbons (Fsp3) is 0.333. The molecule has 0 fully saturated rings. The SMILES string of the molecule is CC[C@H](C)NC(=O)[C@@H](Cc1ccccc1)N(Cc1ccccc1F)C(=O)CN(c1ccccc1)S(=O)(=O)N(C)C. The van der Waals surface area contributed by atoms with Crippen molar-refractivity contribution < 1.29 is 22.4 Å². The molecule has 0 heterocycles. The van der Waals surface area contributed by atoms with Gasteiger partial charge in [0.2, 0.25) is 11.8 Å². The molecular formula is C30H37FN4O4S. The molecule has 0 unspecified atom stereocenters. The number of hydrogen-bond acceptors (Lipinski definition) is 4. The van der Waals surface area contributed by atoms with Crippen LogP contribution in [-0.4, -0.2) is 62.2 Å². The zero-order valence-electron chi connectivity index (χ0n) is 23.3. The van der Waals surface area contributed by atoms with Crippen LogP contribution in [-0.2, 0) is 32.8 Å². The molecule has 2 amide bonds. The van der Waals surface area contributed by atoms with E-state index >= 15 is 0 Å². The Morgan fingerprint density at radius 2 is 1.48 bits per heavy atom. The maximum Gasteiger partial charge on any atom is 0.304 e. The van der Waals surface area contributed by atoms with Gasteiger partial charge in [0.15, 0.2) is 0 Å². The predicted octanol–water partition coefficient (Wildman–Crippen LogP) is 3.99. The molecule has 0 aromatic heterocycles. The van der Waals surface area contributed by atoms with Gasteiger partial charge in [-0.15, -0.1) is 0 Å². The number of hydrogen-bond donors (Lipinski definition) is 1. The smallest absolute Gasteiger partial charge is 0.304 e. The Morgan fingerprint density at radius 3 is 2.05 bits per heavy atom. The summed E-state index contributed by atoms with van der Waals surface area (Å²) in [6.07, 6.45) is 0.836. The van der Waals surface area contributed by atoms with Gasteiger partial charge in [-0.3, -0.25) is 9.59 Å². The van der Waals surface area contributed by atoms with Crippen molar-refractivity contribution in [1.82, 2.24) is 14.5 Å². The molecule has 0 saturated heterocycles. The van der Waals surface area contributed by atoms with Crippen molar-refractivity contribution in [3.05, 3.63) is 102 Å². The molecule has 0 saturated carbocycles. The van der Waals surface area contributed by atoms with Gasteiger partial charge in [-0.1, -0.05) is 73.7 Å². The van der Waals surface area contributed by atoms with Crippen LogP contribution in [0.15, 0.2) is 84.9 Å². The first-order valence-electron chi connectivity index (χ1n) is 13.2. The molecular weight excluding hydrogens is 531 g/mol. The third kappa shape index (κ3) is 7.89. The number of anilines is 1. The lowest BCUT2D eigenvalue weighted by atomic mass is 10.0. The van der Waals surface area contributed by atoms with E-state index < -0.39 is 40.4 Å². The summed E-state index contributed by atoms with van der Waals surface area (Å²) in [6.45, 7) is 2.99. The van der Waals surface area contributed by atoms with Gasteiger partial charge in [0, 0.05) is 38.7 Å². The van der Waals surface area contributed by atoms with E-state index in [1.54, 1.807) is 48.5 Å². The lowest BCUT2D eigenvalue weighted by Gasteiger charge is -2.35. The molecule has 8 nitrogen and oxygen atoms in total. The molecule has 0 spiro atoms.